The number of hydrogen-bond donors (Lipinski definition) is 1. The van der Waals surface area contributed by atoms with Gasteiger partial charge in [-0.15, -0.1) is 0 Å². The zero-order valence-electron chi connectivity index (χ0n) is 5.95. The Hall–Kier alpha value is -1.31. The van der Waals surface area contributed by atoms with Gasteiger partial charge in [0.2, 0.25) is 0 Å². The number of aldehydes is 1. The molecule has 1 atom stereocenters. The highest BCUT2D eigenvalue weighted by Crippen LogP contribution is 2.39. The molecule has 0 radical (unpaired) electrons. The second kappa shape index (κ2) is 2.09. The van der Waals surface area contributed by atoms with E-state index in [1.807, 2.05) is 6.07 Å². The molecule has 0 fully saturated rings. The first-order chi connectivity index (χ1) is 5.33. The maximum absolute atomic E-state index is 10.4. The van der Waals surface area contributed by atoms with Gasteiger partial charge >= 0.3 is 0 Å². The molecular weight excluding hydrogens is 140 g/mol. The van der Waals surface area contributed by atoms with Crippen molar-refractivity contribution in [3.05, 3.63) is 29.3 Å². The van der Waals surface area contributed by atoms with E-state index in [-0.39, 0.29) is 11.7 Å². The lowest BCUT2D eigenvalue weighted by atomic mass is 9.78. The predicted molar refractivity (Wildman–Crippen MR) is 40.6 cm³/mol. The molecule has 0 aromatic heterocycles. The van der Waals surface area contributed by atoms with E-state index in [4.69, 9.17) is 0 Å². The molecule has 1 aromatic carbocycles. The van der Waals surface area contributed by atoms with E-state index >= 15 is 0 Å². The minimum Gasteiger partial charge on any atom is -0.508 e. The van der Waals surface area contributed by atoms with Crippen molar-refractivity contribution in [1.29, 1.82) is 0 Å². The summed E-state index contributed by atoms with van der Waals surface area (Å²) in [5.74, 6) is 0.192. The Morgan fingerprint density at radius 1 is 1.55 bits per heavy atom. The van der Waals surface area contributed by atoms with Crippen molar-refractivity contribution < 1.29 is 9.90 Å². The van der Waals surface area contributed by atoms with Crippen LogP contribution in [0.2, 0.25) is 0 Å². The largest absolute Gasteiger partial charge is 0.508 e. The van der Waals surface area contributed by atoms with Crippen molar-refractivity contribution in [2.24, 2.45) is 0 Å². The molecule has 0 aliphatic heterocycles. The van der Waals surface area contributed by atoms with Crippen molar-refractivity contribution in [3.8, 4) is 5.75 Å². The minimum absolute atomic E-state index is 0.0637. The van der Waals surface area contributed by atoms with Gasteiger partial charge in [0.05, 0.1) is 0 Å². The van der Waals surface area contributed by atoms with Crippen LogP contribution in [0.5, 0.6) is 5.75 Å². The third-order valence-electron chi connectivity index (χ3n) is 2.15. The molecule has 56 valence electrons. The molecule has 11 heavy (non-hydrogen) atoms. The van der Waals surface area contributed by atoms with Crippen LogP contribution in [-0.2, 0) is 11.2 Å². The van der Waals surface area contributed by atoms with Gasteiger partial charge in [-0.05, 0) is 18.1 Å². The Bertz CT molecular complexity index is 290. The molecule has 1 unspecified atom stereocenters. The van der Waals surface area contributed by atoms with Gasteiger partial charge in [-0.25, -0.2) is 0 Å². The van der Waals surface area contributed by atoms with Gasteiger partial charge in [-0.2, -0.15) is 0 Å². The van der Waals surface area contributed by atoms with Crippen molar-refractivity contribution >= 4 is 6.29 Å². The predicted octanol–water partition coefficient (Wildman–Crippen LogP) is 1.23. The standard InChI is InChI=1S/C9H8O2/c10-5-7-4-6-2-1-3-8(11)9(6)7/h1-3,5,7,11H,4H2. The lowest BCUT2D eigenvalue weighted by molar-refractivity contribution is -0.109. The van der Waals surface area contributed by atoms with Gasteiger partial charge in [-0.3, -0.25) is 0 Å². The molecule has 1 N–H and O–H groups in total. The first kappa shape index (κ1) is 6.40. The first-order valence-electron chi connectivity index (χ1n) is 3.59. The normalized spacial score (nSPS) is 20.2. The second-order valence-electron chi connectivity index (χ2n) is 2.80. The van der Waals surface area contributed by atoms with E-state index in [0.717, 1.165) is 23.8 Å². The average molecular weight is 148 g/mol. The number of rotatable bonds is 1. The number of aromatic hydroxyl groups is 1. The summed E-state index contributed by atoms with van der Waals surface area (Å²) in [6.45, 7) is 0. The summed E-state index contributed by atoms with van der Waals surface area (Å²) in [4.78, 5) is 10.4. The maximum atomic E-state index is 10.4. The molecule has 0 amide bonds. The molecule has 1 aliphatic rings. The monoisotopic (exact) mass is 148 g/mol. The number of carbonyl (C=O) groups excluding carboxylic acids is 1. The van der Waals surface area contributed by atoms with Crippen LogP contribution in [0.3, 0.4) is 0 Å². The highest BCUT2D eigenvalue weighted by Gasteiger charge is 2.28. The molecule has 0 heterocycles. The zero-order valence-corrected chi connectivity index (χ0v) is 5.95. The fourth-order valence-electron chi connectivity index (χ4n) is 1.53. The Morgan fingerprint density at radius 2 is 2.36 bits per heavy atom. The fourth-order valence-corrected chi connectivity index (χ4v) is 1.53. The molecule has 0 saturated heterocycles. The van der Waals surface area contributed by atoms with E-state index in [9.17, 15) is 9.90 Å². The molecule has 1 aliphatic carbocycles. The number of phenols is 1. The third kappa shape index (κ3) is 0.755. The van der Waals surface area contributed by atoms with E-state index in [0.29, 0.717) is 0 Å². The van der Waals surface area contributed by atoms with Crippen molar-refractivity contribution in [2.75, 3.05) is 0 Å². The number of benzene rings is 1. The zero-order chi connectivity index (χ0) is 7.84. The van der Waals surface area contributed by atoms with Crippen LogP contribution in [0.25, 0.3) is 0 Å². The highest BCUT2D eigenvalue weighted by molar-refractivity contribution is 5.71. The minimum atomic E-state index is -0.0637. The summed E-state index contributed by atoms with van der Waals surface area (Å²) in [6, 6.07) is 5.36. The van der Waals surface area contributed by atoms with Crippen molar-refractivity contribution in [3.63, 3.8) is 0 Å². The van der Waals surface area contributed by atoms with Crippen LogP contribution in [0, 0.1) is 0 Å². The van der Waals surface area contributed by atoms with Gasteiger partial charge < -0.3 is 9.90 Å². The summed E-state index contributed by atoms with van der Waals surface area (Å²) in [6.07, 6.45) is 1.68. The summed E-state index contributed by atoms with van der Waals surface area (Å²) < 4.78 is 0. The van der Waals surface area contributed by atoms with E-state index in [2.05, 4.69) is 0 Å². The van der Waals surface area contributed by atoms with Crippen LogP contribution < -0.4 is 0 Å². The summed E-state index contributed by atoms with van der Waals surface area (Å²) in [5.41, 5.74) is 1.92. The van der Waals surface area contributed by atoms with Gasteiger partial charge in [0.25, 0.3) is 0 Å². The lowest BCUT2D eigenvalue weighted by Gasteiger charge is -2.25. The lowest BCUT2D eigenvalue weighted by Crippen LogP contribution is -2.17. The van der Waals surface area contributed by atoms with Crippen LogP contribution in [-0.4, -0.2) is 11.4 Å². The second-order valence-corrected chi connectivity index (χ2v) is 2.80. The number of phenolic OH excluding ortho intramolecular Hbond substituents is 1. The molecule has 0 spiro atoms. The summed E-state index contributed by atoms with van der Waals surface area (Å²) in [7, 11) is 0. The molecular formula is C9H8O2. The highest BCUT2D eigenvalue weighted by atomic mass is 16.3. The number of hydrogen-bond acceptors (Lipinski definition) is 2. The quantitative estimate of drug-likeness (QED) is 0.608. The van der Waals surface area contributed by atoms with E-state index < -0.39 is 0 Å². The van der Waals surface area contributed by atoms with Gasteiger partial charge in [0, 0.05) is 11.5 Å². The molecule has 0 saturated carbocycles. The smallest absolute Gasteiger partial charge is 0.127 e. The fraction of sp³-hybridized carbons (Fsp3) is 0.222. The van der Waals surface area contributed by atoms with Gasteiger partial charge in [0.15, 0.2) is 0 Å². The Morgan fingerprint density at radius 3 is 3.00 bits per heavy atom. The van der Waals surface area contributed by atoms with Crippen molar-refractivity contribution in [2.45, 2.75) is 12.3 Å². The molecule has 2 nitrogen and oxygen atoms in total. The Balaban J connectivity index is 2.51. The first-order valence-corrected chi connectivity index (χ1v) is 3.59. The Kier molecular flexibility index (Phi) is 1.22. The van der Waals surface area contributed by atoms with Gasteiger partial charge in [-0.1, -0.05) is 12.1 Å². The molecule has 2 heteroatoms. The average Bonchev–Trinajstić information content (AvgIpc) is 1.93. The van der Waals surface area contributed by atoms with Crippen LogP contribution in [0.4, 0.5) is 0 Å². The van der Waals surface area contributed by atoms with Crippen LogP contribution >= 0.6 is 0 Å². The maximum Gasteiger partial charge on any atom is 0.127 e. The SMILES string of the molecule is O=CC1Cc2cccc(O)c21. The van der Waals surface area contributed by atoms with Crippen molar-refractivity contribution in [1.82, 2.24) is 0 Å². The summed E-state index contributed by atoms with van der Waals surface area (Å²) >= 11 is 0. The summed E-state index contributed by atoms with van der Waals surface area (Å²) in [5, 5.41) is 9.29. The van der Waals surface area contributed by atoms with Crippen LogP contribution in [0.15, 0.2) is 18.2 Å². The van der Waals surface area contributed by atoms with E-state index in [1.54, 1.807) is 12.1 Å². The van der Waals surface area contributed by atoms with Crippen LogP contribution in [0.1, 0.15) is 17.0 Å². The van der Waals surface area contributed by atoms with Gasteiger partial charge in [0.1, 0.15) is 12.0 Å². The van der Waals surface area contributed by atoms with E-state index in [1.165, 1.54) is 0 Å². The molecule has 1 aromatic rings. The topological polar surface area (TPSA) is 37.3 Å². The molecule has 0 bridgehead atoms. The number of fused-ring (bicyclic) bond motifs is 1. The number of carbonyl (C=O) groups is 1. The molecule has 2 rings (SSSR count). The third-order valence-corrected chi connectivity index (χ3v) is 2.15. The Labute approximate surface area is 64.5 Å².